The molecule has 0 atom stereocenters. The van der Waals surface area contributed by atoms with E-state index in [0.717, 1.165) is 18.5 Å². The lowest BCUT2D eigenvalue weighted by Crippen LogP contribution is -2.29. The van der Waals surface area contributed by atoms with Crippen LogP contribution < -0.4 is 26.2 Å². The van der Waals surface area contributed by atoms with E-state index in [2.05, 4.69) is 38.5 Å². The molecule has 1 saturated heterocycles. The van der Waals surface area contributed by atoms with Crippen LogP contribution in [0.2, 0.25) is 0 Å². The Hall–Kier alpha value is -4.31. The van der Waals surface area contributed by atoms with E-state index in [4.69, 9.17) is 9.26 Å². The van der Waals surface area contributed by atoms with E-state index in [1.54, 1.807) is 36.4 Å². The van der Waals surface area contributed by atoms with Crippen molar-refractivity contribution in [2.75, 3.05) is 46.6 Å². The van der Waals surface area contributed by atoms with Crippen molar-refractivity contribution in [2.45, 2.75) is 31.6 Å². The van der Waals surface area contributed by atoms with E-state index in [-0.39, 0.29) is 18.3 Å². The number of hydrazine groups is 1. The monoisotopic (exact) mass is 586 g/mol. The van der Waals surface area contributed by atoms with Crippen LogP contribution in [0.5, 0.6) is 5.75 Å². The minimum absolute atomic E-state index is 0.123. The molecular weight excluding hydrogens is 557 g/mol. The maximum Gasteiger partial charge on any atom is 0.406 e. The normalized spacial score (nSPS) is 17.0. The van der Waals surface area contributed by atoms with Crippen LogP contribution in [0.3, 0.4) is 0 Å². The van der Waals surface area contributed by atoms with Crippen molar-refractivity contribution in [2.24, 2.45) is 0 Å². The fraction of sp³-hybridized carbons (Fsp3) is 0.321. The quantitative estimate of drug-likeness (QED) is 0.152. The van der Waals surface area contributed by atoms with Crippen molar-refractivity contribution in [1.29, 1.82) is 0 Å². The van der Waals surface area contributed by atoms with Gasteiger partial charge in [-0.2, -0.15) is 13.2 Å². The molecule has 0 amide bonds. The van der Waals surface area contributed by atoms with Crippen molar-refractivity contribution < 1.29 is 26.6 Å². The molecule has 1 aliphatic rings. The number of anilines is 4. The number of methoxy groups -OCH3 is 1. The summed E-state index contributed by atoms with van der Waals surface area (Å²) in [4.78, 5) is 0. The zero-order valence-corrected chi connectivity index (χ0v) is 23.0. The van der Waals surface area contributed by atoms with Crippen LogP contribution in [0.15, 0.2) is 59.3 Å². The Labute approximate surface area is 237 Å². The molecule has 5 rings (SSSR count). The van der Waals surface area contributed by atoms with Crippen LogP contribution in [-0.4, -0.2) is 51.3 Å². The molecule has 0 radical (unpaired) electrons. The maximum absolute atomic E-state index is 13.5. The predicted molar refractivity (Wildman–Crippen MR) is 155 cm³/mol. The molecule has 2 aromatic carbocycles. The van der Waals surface area contributed by atoms with E-state index >= 15 is 0 Å². The molecule has 3 heterocycles. The maximum atomic E-state index is 13.5. The topological polar surface area (TPSA) is 105 Å². The van der Waals surface area contributed by atoms with Gasteiger partial charge in [0.2, 0.25) is 0 Å². The molecule has 0 bridgehead atoms. The van der Waals surface area contributed by atoms with E-state index in [1.165, 1.54) is 17.9 Å². The van der Waals surface area contributed by atoms with E-state index in [0.29, 0.717) is 45.4 Å². The highest BCUT2D eigenvalue weighted by Gasteiger charge is 2.30. The Bertz CT molecular complexity index is 1570. The first kappa shape index (κ1) is 28.2. The lowest BCUT2D eigenvalue weighted by molar-refractivity contribution is -0.140. The molecule has 1 aliphatic heterocycles. The van der Waals surface area contributed by atoms with Gasteiger partial charge in [-0.1, -0.05) is 17.1 Å². The smallest absolute Gasteiger partial charge is 0.406 e. The van der Waals surface area contributed by atoms with Gasteiger partial charge in [-0.25, -0.2) is 0 Å². The number of nitrogens with one attached hydrogen (secondary N) is 4. The second kappa shape index (κ2) is 12.5. The SMILES string of the molecule is COc1cc(NNc2ccon2)ccc1NCC#Cc1cc2c(NC3CCS(=O)CC3)cccc2n1CC(F)(F)F. The summed E-state index contributed by atoms with van der Waals surface area (Å²) in [5.41, 5.74) is 8.73. The van der Waals surface area contributed by atoms with Crippen molar-refractivity contribution in [3.63, 3.8) is 0 Å². The molecule has 4 N–H and O–H groups in total. The Balaban J connectivity index is 1.32. The number of alkyl halides is 3. The summed E-state index contributed by atoms with van der Waals surface area (Å²) in [7, 11) is 0.738. The highest BCUT2D eigenvalue weighted by Crippen LogP contribution is 2.32. The summed E-state index contributed by atoms with van der Waals surface area (Å²) in [6, 6.07) is 14.1. The third kappa shape index (κ3) is 7.26. The van der Waals surface area contributed by atoms with Gasteiger partial charge < -0.3 is 24.5 Å². The van der Waals surface area contributed by atoms with Crippen molar-refractivity contribution >= 4 is 44.6 Å². The lowest BCUT2D eigenvalue weighted by atomic mass is 10.1. The summed E-state index contributed by atoms with van der Waals surface area (Å²) in [6.07, 6.45) is -1.46. The van der Waals surface area contributed by atoms with Gasteiger partial charge in [0.25, 0.3) is 0 Å². The Morgan fingerprint density at radius 2 is 1.95 bits per heavy atom. The van der Waals surface area contributed by atoms with Crippen LogP contribution in [-0.2, 0) is 17.3 Å². The molecule has 9 nitrogen and oxygen atoms in total. The third-order valence-electron chi connectivity index (χ3n) is 6.59. The number of aromatic nitrogens is 2. The summed E-state index contributed by atoms with van der Waals surface area (Å²) in [5, 5.41) is 11.0. The van der Waals surface area contributed by atoms with Crippen molar-refractivity contribution in [3.05, 3.63) is 60.5 Å². The van der Waals surface area contributed by atoms with Crippen LogP contribution in [0.1, 0.15) is 18.5 Å². The van der Waals surface area contributed by atoms with Gasteiger partial charge in [0, 0.05) is 51.6 Å². The van der Waals surface area contributed by atoms with Crippen molar-refractivity contribution in [1.82, 2.24) is 9.72 Å². The van der Waals surface area contributed by atoms with Gasteiger partial charge in [-0.15, -0.1) is 0 Å². The summed E-state index contributed by atoms with van der Waals surface area (Å²) < 4.78 is 63.8. The number of benzene rings is 2. The number of ether oxygens (including phenoxy) is 1. The first-order chi connectivity index (χ1) is 19.8. The largest absolute Gasteiger partial charge is 0.495 e. The predicted octanol–water partition coefficient (Wildman–Crippen LogP) is 5.43. The Morgan fingerprint density at radius 3 is 2.68 bits per heavy atom. The molecule has 216 valence electrons. The fourth-order valence-corrected chi connectivity index (χ4v) is 5.92. The van der Waals surface area contributed by atoms with Gasteiger partial charge in [0.05, 0.1) is 36.2 Å². The second-order valence-corrected chi connectivity index (χ2v) is 11.1. The average molecular weight is 587 g/mol. The highest BCUT2D eigenvalue weighted by molar-refractivity contribution is 7.85. The molecule has 0 spiro atoms. The van der Waals surface area contributed by atoms with Crippen LogP contribution in [0.4, 0.5) is 36.1 Å². The van der Waals surface area contributed by atoms with Gasteiger partial charge >= 0.3 is 6.18 Å². The Morgan fingerprint density at radius 1 is 1.12 bits per heavy atom. The summed E-state index contributed by atoms with van der Waals surface area (Å²) in [6.45, 7) is -0.970. The summed E-state index contributed by atoms with van der Waals surface area (Å²) >= 11 is 0. The van der Waals surface area contributed by atoms with E-state index < -0.39 is 23.5 Å². The molecular formula is C28H29F3N6O3S. The van der Waals surface area contributed by atoms with Crippen LogP contribution in [0, 0.1) is 11.8 Å². The molecule has 2 aromatic heterocycles. The standard InChI is InChI=1S/C28H29F3N6O3S/c1-39-26-16-20(34-35-27-9-13-40-36-27)7-8-24(26)32-12-3-4-21-17-22-23(33-19-10-14-41(38)15-11-19)5-2-6-25(22)37(21)18-28(29,30)31/h2,5-9,13,16-17,19,32-34H,10-12,14-15,18H2,1H3,(H,35,36). The minimum atomic E-state index is -4.41. The molecule has 41 heavy (non-hydrogen) atoms. The average Bonchev–Trinajstić information content (AvgIpc) is 3.59. The first-order valence-electron chi connectivity index (χ1n) is 12.9. The second-order valence-electron chi connectivity index (χ2n) is 9.44. The highest BCUT2D eigenvalue weighted by atomic mass is 32.2. The molecule has 0 unspecified atom stereocenters. The fourth-order valence-electron chi connectivity index (χ4n) is 4.62. The number of fused-ring (bicyclic) bond motifs is 1. The van der Waals surface area contributed by atoms with Gasteiger partial charge in [0.1, 0.15) is 18.6 Å². The molecule has 0 aliphatic carbocycles. The number of halogens is 3. The number of rotatable bonds is 9. The van der Waals surface area contributed by atoms with Gasteiger partial charge in [-0.05, 0) is 49.1 Å². The number of hydrogen-bond donors (Lipinski definition) is 4. The van der Waals surface area contributed by atoms with Gasteiger partial charge in [0.15, 0.2) is 5.82 Å². The number of hydrogen-bond acceptors (Lipinski definition) is 8. The van der Waals surface area contributed by atoms with Crippen LogP contribution >= 0.6 is 0 Å². The molecule has 1 fully saturated rings. The Kier molecular flexibility index (Phi) is 8.58. The van der Waals surface area contributed by atoms with Crippen LogP contribution in [0.25, 0.3) is 10.9 Å². The summed E-state index contributed by atoms with van der Waals surface area (Å²) in [5.74, 6) is 8.17. The van der Waals surface area contributed by atoms with Gasteiger partial charge in [-0.3, -0.25) is 15.1 Å². The minimum Gasteiger partial charge on any atom is -0.495 e. The van der Waals surface area contributed by atoms with E-state index in [1.807, 2.05) is 12.1 Å². The zero-order chi connectivity index (χ0) is 28.8. The number of nitrogens with zero attached hydrogens (tertiary/aromatic N) is 2. The third-order valence-corrected chi connectivity index (χ3v) is 7.97. The van der Waals surface area contributed by atoms with Crippen molar-refractivity contribution in [3.8, 4) is 17.6 Å². The first-order valence-corrected chi connectivity index (χ1v) is 14.4. The molecule has 13 heteroatoms. The molecule has 4 aromatic rings. The molecule has 0 saturated carbocycles. The zero-order valence-electron chi connectivity index (χ0n) is 22.2. The van der Waals surface area contributed by atoms with E-state index in [9.17, 15) is 17.4 Å². The lowest BCUT2D eigenvalue weighted by Gasteiger charge is -2.24.